The van der Waals surface area contributed by atoms with Crippen molar-refractivity contribution < 1.29 is 14.2 Å². The van der Waals surface area contributed by atoms with Gasteiger partial charge in [-0.3, -0.25) is 0 Å². The zero-order valence-electron chi connectivity index (χ0n) is 13.4. The van der Waals surface area contributed by atoms with E-state index >= 15 is 0 Å². The highest BCUT2D eigenvalue weighted by molar-refractivity contribution is 7.42. The Kier molecular flexibility index (Phi) is 5.05. The van der Waals surface area contributed by atoms with Crippen molar-refractivity contribution in [2.45, 2.75) is 30.8 Å². The fourth-order valence-electron chi connectivity index (χ4n) is 3.10. The lowest BCUT2D eigenvalue weighted by Crippen LogP contribution is -2.46. The molecular formula is C20H21O3P. The number of benzene rings is 2. The van der Waals surface area contributed by atoms with E-state index in [9.17, 15) is 0 Å². The first-order valence-electron chi connectivity index (χ1n) is 8.30. The Hall–Kier alpha value is -1.51. The summed E-state index contributed by atoms with van der Waals surface area (Å²) >= 11 is 0. The van der Waals surface area contributed by atoms with E-state index in [0.29, 0.717) is 12.3 Å². The first kappa shape index (κ1) is 16.0. The van der Waals surface area contributed by atoms with Gasteiger partial charge in [-0.1, -0.05) is 81.1 Å². The van der Waals surface area contributed by atoms with Gasteiger partial charge >= 0.3 is 0 Å². The molecule has 0 spiro atoms. The van der Waals surface area contributed by atoms with Crippen molar-refractivity contribution >= 4 is 8.58 Å². The summed E-state index contributed by atoms with van der Waals surface area (Å²) in [6.07, 6.45) is 1.88. The monoisotopic (exact) mass is 340 g/mol. The van der Waals surface area contributed by atoms with Crippen LogP contribution in [-0.2, 0) is 20.8 Å². The average molecular weight is 340 g/mol. The summed E-state index contributed by atoms with van der Waals surface area (Å²) < 4.78 is 18.4. The quantitative estimate of drug-likeness (QED) is 0.779. The molecule has 0 aliphatic carbocycles. The minimum absolute atomic E-state index is 0.0217. The molecular weight excluding hydrogens is 319 g/mol. The van der Waals surface area contributed by atoms with E-state index < -0.39 is 0 Å². The van der Waals surface area contributed by atoms with Gasteiger partial charge in [-0.2, -0.15) is 0 Å². The van der Waals surface area contributed by atoms with E-state index in [2.05, 4.69) is 24.0 Å². The molecule has 0 radical (unpaired) electrons. The summed E-state index contributed by atoms with van der Waals surface area (Å²) in [4.78, 5) is 0. The Morgan fingerprint density at radius 3 is 2.54 bits per heavy atom. The van der Waals surface area contributed by atoms with E-state index in [4.69, 9.17) is 14.2 Å². The maximum atomic E-state index is 6.29. The summed E-state index contributed by atoms with van der Waals surface area (Å²) in [6.45, 7) is 1.32. The standard InChI is InChI=1S/C20H21O3P/c1-3-7-15(8-4-1)13-21-17-11-12-24-18-14-22-20(23-19(17)18)16-9-5-2-6-10-16/h1-12,17-20,24H,13-14H2/t17-,18?,19?,20?/m1/s1. The number of rotatable bonds is 4. The van der Waals surface area contributed by atoms with E-state index in [-0.39, 0.29) is 18.5 Å². The molecule has 4 rings (SSSR count). The van der Waals surface area contributed by atoms with Crippen LogP contribution in [-0.4, -0.2) is 24.5 Å². The van der Waals surface area contributed by atoms with Crippen LogP contribution in [0.1, 0.15) is 17.4 Å². The van der Waals surface area contributed by atoms with Crippen molar-refractivity contribution in [3.63, 3.8) is 0 Å². The molecule has 0 N–H and O–H groups in total. The Morgan fingerprint density at radius 2 is 1.75 bits per heavy atom. The highest BCUT2D eigenvalue weighted by atomic mass is 31.1. The maximum absolute atomic E-state index is 6.29. The molecule has 1 fully saturated rings. The van der Waals surface area contributed by atoms with Crippen molar-refractivity contribution in [1.29, 1.82) is 0 Å². The normalized spacial score (nSPS) is 30.2. The minimum atomic E-state index is -0.299. The van der Waals surface area contributed by atoms with Gasteiger partial charge in [0.05, 0.1) is 19.3 Å². The number of hydrogen-bond donors (Lipinski definition) is 0. The van der Waals surface area contributed by atoms with Crippen LogP contribution in [0.5, 0.6) is 0 Å². The largest absolute Gasteiger partial charge is 0.367 e. The zero-order chi connectivity index (χ0) is 16.2. The fraction of sp³-hybridized carbons (Fsp3) is 0.300. The molecule has 5 atom stereocenters. The molecule has 0 aromatic heterocycles. The lowest BCUT2D eigenvalue weighted by Gasteiger charge is -2.41. The maximum Gasteiger partial charge on any atom is 0.184 e. The van der Waals surface area contributed by atoms with Crippen LogP contribution in [0.4, 0.5) is 0 Å². The van der Waals surface area contributed by atoms with Crippen molar-refractivity contribution in [2.24, 2.45) is 0 Å². The van der Waals surface area contributed by atoms with Crippen LogP contribution in [0.25, 0.3) is 0 Å². The van der Waals surface area contributed by atoms with Gasteiger partial charge in [0.25, 0.3) is 0 Å². The number of fused-ring (bicyclic) bond motifs is 1. The molecule has 0 bridgehead atoms. The molecule has 4 unspecified atom stereocenters. The zero-order valence-corrected chi connectivity index (χ0v) is 14.4. The molecule has 0 saturated carbocycles. The SMILES string of the molecule is C1=C[C@@H](OCc2ccccc2)C2OC(c3ccccc3)OCC2P1. The third-order valence-corrected chi connectivity index (χ3v) is 5.69. The highest BCUT2D eigenvalue weighted by Gasteiger charge is 2.39. The molecule has 2 heterocycles. The van der Waals surface area contributed by atoms with Gasteiger partial charge in [-0.15, -0.1) is 0 Å². The number of hydrogen-bond acceptors (Lipinski definition) is 3. The first-order valence-corrected chi connectivity index (χ1v) is 9.46. The summed E-state index contributed by atoms with van der Waals surface area (Å²) in [5.41, 5.74) is 2.63. The van der Waals surface area contributed by atoms with Crippen LogP contribution in [0.15, 0.2) is 72.6 Å². The third-order valence-electron chi connectivity index (χ3n) is 4.38. The third kappa shape index (κ3) is 3.60. The Balaban J connectivity index is 1.45. The molecule has 2 aromatic carbocycles. The molecule has 3 nitrogen and oxygen atoms in total. The molecule has 24 heavy (non-hydrogen) atoms. The van der Waals surface area contributed by atoms with E-state index in [0.717, 1.165) is 20.8 Å². The van der Waals surface area contributed by atoms with Gasteiger partial charge in [0, 0.05) is 11.2 Å². The van der Waals surface area contributed by atoms with E-state index in [1.807, 2.05) is 48.5 Å². The van der Waals surface area contributed by atoms with Crippen molar-refractivity contribution in [3.8, 4) is 0 Å². The summed E-state index contributed by atoms with van der Waals surface area (Å²) in [7, 11) is 0.725. The van der Waals surface area contributed by atoms with Crippen LogP contribution in [0.3, 0.4) is 0 Å². The molecule has 2 aliphatic rings. The second kappa shape index (κ2) is 7.58. The molecule has 2 aliphatic heterocycles. The minimum Gasteiger partial charge on any atom is -0.367 e. The van der Waals surface area contributed by atoms with Crippen LogP contribution in [0.2, 0.25) is 0 Å². The van der Waals surface area contributed by atoms with E-state index in [1.165, 1.54) is 5.56 Å². The second-order valence-electron chi connectivity index (χ2n) is 6.07. The van der Waals surface area contributed by atoms with Gasteiger partial charge in [-0.25, -0.2) is 0 Å². The molecule has 0 amide bonds. The summed E-state index contributed by atoms with van der Waals surface area (Å²) in [6, 6.07) is 20.4. The molecule has 2 aromatic rings. The predicted molar refractivity (Wildman–Crippen MR) is 96.3 cm³/mol. The molecule has 1 saturated heterocycles. The average Bonchev–Trinajstić information content (AvgIpc) is 2.67. The van der Waals surface area contributed by atoms with E-state index in [1.54, 1.807) is 0 Å². The smallest absolute Gasteiger partial charge is 0.184 e. The molecule has 4 heteroatoms. The van der Waals surface area contributed by atoms with Gasteiger partial charge < -0.3 is 14.2 Å². The van der Waals surface area contributed by atoms with Crippen LogP contribution in [0, 0.1) is 0 Å². The van der Waals surface area contributed by atoms with Crippen LogP contribution >= 0.6 is 8.58 Å². The predicted octanol–water partition coefficient (Wildman–Crippen LogP) is 4.26. The topological polar surface area (TPSA) is 27.7 Å². The number of ether oxygens (including phenoxy) is 3. The Morgan fingerprint density at radius 1 is 1.00 bits per heavy atom. The van der Waals surface area contributed by atoms with Crippen molar-refractivity contribution in [3.05, 3.63) is 83.7 Å². The molecule has 124 valence electrons. The lowest BCUT2D eigenvalue weighted by atomic mass is 10.1. The van der Waals surface area contributed by atoms with Gasteiger partial charge in [0.15, 0.2) is 6.29 Å². The second-order valence-corrected chi connectivity index (χ2v) is 7.48. The lowest BCUT2D eigenvalue weighted by molar-refractivity contribution is -0.235. The fourth-order valence-corrected chi connectivity index (χ4v) is 4.30. The summed E-state index contributed by atoms with van der Waals surface area (Å²) in [5, 5.41) is 0. The van der Waals surface area contributed by atoms with Crippen molar-refractivity contribution in [2.75, 3.05) is 6.61 Å². The Labute approximate surface area is 144 Å². The first-order chi connectivity index (χ1) is 11.9. The van der Waals surface area contributed by atoms with Crippen LogP contribution < -0.4 is 0 Å². The highest BCUT2D eigenvalue weighted by Crippen LogP contribution is 2.40. The summed E-state index contributed by atoms with van der Waals surface area (Å²) in [5.74, 6) is 2.21. The van der Waals surface area contributed by atoms with Gasteiger partial charge in [0.2, 0.25) is 0 Å². The van der Waals surface area contributed by atoms with Crippen molar-refractivity contribution in [1.82, 2.24) is 0 Å². The van der Waals surface area contributed by atoms with Gasteiger partial charge in [0.1, 0.15) is 6.10 Å². The van der Waals surface area contributed by atoms with Gasteiger partial charge in [-0.05, 0) is 5.56 Å². The Bertz CT molecular complexity index is 674.